The zero-order chi connectivity index (χ0) is 17.7. The van der Waals surface area contributed by atoms with Crippen LogP contribution in [0.25, 0.3) is 11.3 Å². The van der Waals surface area contributed by atoms with Gasteiger partial charge in [-0.15, -0.1) is 0 Å². The summed E-state index contributed by atoms with van der Waals surface area (Å²) in [6.07, 6.45) is 7.81. The van der Waals surface area contributed by atoms with Crippen LogP contribution in [0.5, 0.6) is 0 Å². The van der Waals surface area contributed by atoms with Crippen LogP contribution in [0.15, 0.2) is 36.8 Å². The van der Waals surface area contributed by atoms with Gasteiger partial charge in [0.2, 0.25) is 0 Å². The third-order valence-electron chi connectivity index (χ3n) is 2.94. The van der Waals surface area contributed by atoms with Crippen molar-refractivity contribution in [1.82, 2.24) is 9.97 Å². The van der Waals surface area contributed by atoms with Gasteiger partial charge in [-0.05, 0) is 36.1 Å². The molecule has 13 heteroatoms. The summed E-state index contributed by atoms with van der Waals surface area (Å²) in [5.41, 5.74) is 5.06. The van der Waals surface area contributed by atoms with E-state index in [1.165, 1.54) is 34.5 Å². The lowest BCUT2D eigenvalue weighted by Gasteiger charge is -2.17. The van der Waals surface area contributed by atoms with Crippen LogP contribution in [0, 0.1) is 0 Å². The fourth-order valence-electron chi connectivity index (χ4n) is 2.09. The maximum atomic E-state index is 4.67. The minimum Gasteiger partial charge on any atom is -0.264 e. The molecule has 134 valence electrons. The Morgan fingerprint density at radius 1 is 0.760 bits per heavy atom. The number of nitrogens with zero attached hydrogens (tertiary/aromatic N) is 2. The molecule has 0 bridgehead atoms. The lowest BCUT2D eigenvalue weighted by atomic mass is 9.91. The molecule has 2 aromatic rings. The van der Waals surface area contributed by atoms with E-state index < -0.39 is 0 Å². The zero-order valence-electron chi connectivity index (χ0n) is 12.3. The highest BCUT2D eigenvalue weighted by Gasteiger charge is 2.15. The second-order valence-corrected chi connectivity index (χ2v) is 20.1. The molecule has 0 unspecified atom stereocenters. The van der Waals surface area contributed by atoms with Crippen molar-refractivity contribution in [2.45, 2.75) is 12.8 Å². The molecule has 0 aliphatic heterocycles. The minimum atomic E-state index is 1.09. The van der Waals surface area contributed by atoms with Gasteiger partial charge < -0.3 is 0 Å². The Balaban J connectivity index is 0.000000188. The van der Waals surface area contributed by atoms with Gasteiger partial charge in [0.25, 0.3) is 0 Å². The highest BCUT2D eigenvalue weighted by atomic mass is 33.4. The predicted molar refractivity (Wildman–Crippen MR) is 136 cm³/mol. The van der Waals surface area contributed by atoms with Crippen LogP contribution in [-0.4, -0.2) is 9.97 Å². The van der Waals surface area contributed by atoms with Crippen LogP contribution < -0.4 is 0 Å². The average Bonchev–Trinajstić information content (AvgIpc) is 2.68. The first kappa shape index (κ1) is 22.0. The lowest BCUT2D eigenvalue weighted by molar-refractivity contribution is 0.918. The number of fused-ring (bicyclic) bond motifs is 3. The second-order valence-electron chi connectivity index (χ2n) is 4.16. The van der Waals surface area contributed by atoms with Gasteiger partial charge >= 0.3 is 0 Å². The summed E-state index contributed by atoms with van der Waals surface area (Å²) in [6.45, 7) is 0. The van der Waals surface area contributed by atoms with Crippen molar-refractivity contribution in [2.24, 2.45) is 0 Å². The third-order valence-corrected chi connectivity index (χ3v) is 20.7. The molecule has 0 saturated heterocycles. The molecule has 2 nitrogen and oxygen atoms in total. The summed E-state index contributed by atoms with van der Waals surface area (Å²) in [7, 11) is 14.5. The fourth-order valence-corrected chi connectivity index (χ4v) is 21.3. The van der Waals surface area contributed by atoms with Crippen molar-refractivity contribution in [3.8, 4) is 11.3 Å². The highest BCUT2D eigenvalue weighted by molar-refractivity contribution is 8.74. The fraction of sp³-hybridized carbons (Fsp3) is 0.167. The van der Waals surface area contributed by atoms with Gasteiger partial charge in [0.15, 0.2) is 0 Å². The van der Waals surface area contributed by atoms with Crippen molar-refractivity contribution in [2.75, 3.05) is 0 Å². The molecule has 1 aliphatic rings. The van der Waals surface area contributed by atoms with Crippen molar-refractivity contribution >= 4 is 102 Å². The van der Waals surface area contributed by atoms with E-state index in [2.05, 4.69) is 44.5 Å². The number of aryl methyl sites for hydroxylation is 2. The van der Waals surface area contributed by atoms with E-state index in [-0.39, 0.29) is 0 Å². The number of hydrogen-bond donors (Lipinski definition) is 0. The zero-order valence-corrected chi connectivity index (χ0v) is 21.2. The third kappa shape index (κ3) is 8.09. The van der Waals surface area contributed by atoms with Crippen molar-refractivity contribution in [3.63, 3.8) is 0 Å². The molecule has 0 amide bonds. The smallest absolute Gasteiger partial charge is 0.0737 e. The van der Waals surface area contributed by atoms with Gasteiger partial charge in [0, 0.05) is 126 Å². The average molecular weight is 535 g/mol. The maximum Gasteiger partial charge on any atom is 0.0737 e. The van der Waals surface area contributed by atoms with Crippen LogP contribution in [0.3, 0.4) is 0 Å². The first-order valence-corrected chi connectivity index (χ1v) is 19.8. The summed E-state index contributed by atoms with van der Waals surface area (Å²) in [5, 5.41) is 0. The molecule has 0 radical (unpaired) electrons. The van der Waals surface area contributed by atoms with Crippen LogP contribution in [0.2, 0.25) is 0 Å². The lowest BCUT2D eigenvalue weighted by Crippen LogP contribution is -2.05. The quantitative estimate of drug-likeness (QED) is 0.518. The maximum absolute atomic E-state index is 4.67. The molecule has 0 saturated carbocycles. The SMILES string of the molecule is S=S=S=S=S=S=S=S=S=S=S.c1cnc2c(c1)CCc1cnccc1-2. The van der Waals surface area contributed by atoms with Crippen molar-refractivity contribution in [3.05, 3.63) is 47.9 Å². The molecule has 0 aromatic carbocycles. The predicted octanol–water partition coefficient (Wildman–Crippen LogP) is 2.22. The number of aromatic nitrogens is 2. The van der Waals surface area contributed by atoms with Crippen molar-refractivity contribution < 1.29 is 0 Å². The van der Waals surface area contributed by atoms with E-state index >= 15 is 0 Å². The Bertz CT molecular complexity index is 1030. The van der Waals surface area contributed by atoms with Crippen LogP contribution in [0.1, 0.15) is 11.1 Å². The van der Waals surface area contributed by atoms with Crippen LogP contribution >= 0.6 is 0 Å². The first-order valence-electron chi connectivity index (χ1n) is 6.49. The summed E-state index contributed by atoms with van der Waals surface area (Å²) >= 11 is 9.35. The van der Waals surface area contributed by atoms with Gasteiger partial charge in [-0.25, -0.2) is 0 Å². The van der Waals surface area contributed by atoms with Gasteiger partial charge in [0.1, 0.15) is 0 Å². The molecule has 0 fully saturated rings. The molecule has 0 spiro atoms. The monoisotopic (exact) mass is 534 g/mol. The highest BCUT2D eigenvalue weighted by Crippen LogP contribution is 2.30. The number of hydrogen-bond acceptors (Lipinski definition) is 4. The van der Waals surface area contributed by atoms with Gasteiger partial charge in [-0.3, -0.25) is 9.97 Å². The first-order chi connectivity index (χ1) is 12.4. The molecule has 25 heavy (non-hydrogen) atoms. The molecule has 0 atom stereocenters. The van der Waals surface area contributed by atoms with E-state index in [0.29, 0.717) is 0 Å². The molecule has 0 N–H and O–H groups in total. The minimum absolute atomic E-state index is 1.09. The summed E-state index contributed by atoms with van der Waals surface area (Å²) in [5.74, 6) is 0. The van der Waals surface area contributed by atoms with Crippen LogP contribution in [0.4, 0.5) is 0 Å². The molecule has 2 aromatic heterocycles. The Morgan fingerprint density at radius 3 is 2.08 bits per heavy atom. The van der Waals surface area contributed by atoms with Gasteiger partial charge in [0.05, 0.1) is 5.69 Å². The largest absolute Gasteiger partial charge is 0.264 e. The Kier molecular flexibility index (Phi) is 12.2. The summed E-state index contributed by atoms with van der Waals surface area (Å²) in [6, 6.07) is 6.22. The number of pyridine rings is 2. The summed E-state index contributed by atoms with van der Waals surface area (Å²) < 4.78 is 0. The molecular weight excluding hydrogens is 525 g/mol. The van der Waals surface area contributed by atoms with E-state index in [1.54, 1.807) is 62.2 Å². The van der Waals surface area contributed by atoms with E-state index in [0.717, 1.165) is 18.5 Å². The van der Waals surface area contributed by atoms with Gasteiger partial charge in [-0.1, -0.05) is 6.07 Å². The Labute approximate surface area is 182 Å². The number of rotatable bonds is 0. The van der Waals surface area contributed by atoms with E-state index in [4.69, 9.17) is 0 Å². The normalized spacial score (nSPS) is 10.4. The van der Waals surface area contributed by atoms with E-state index in [1.807, 2.05) is 24.7 Å². The molecule has 2 heterocycles. The Hall–Kier alpha value is 0.720. The standard InChI is InChI=1S/C12H10N2.S11/c1-2-9-3-4-10-8-13-7-5-11(10)12(9)14-6-1;1-3-5-7-9-11-10-8-6-4-2/h1-2,5-8H,3-4H2;. The van der Waals surface area contributed by atoms with E-state index in [9.17, 15) is 0 Å². The molecule has 1 aliphatic carbocycles. The topological polar surface area (TPSA) is 25.8 Å². The molecule has 3 rings (SSSR count). The Morgan fingerprint density at radius 2 is 1.40 bits per heavy atom. The van der Waals surface area contributed by atoms with Gasteiger partial charge in [-0.2, -0.15) is 0 Å². The summed E-state index contributed by atoms with van der Waals surface area (Å²) in [4.78, 5) is 8.58. The van der Waals surface area contributed by atoms with Crippen molar-refractivity contribution in [1.29, 1.82) is 0 Å². The molecular formula is C12H10N2S11. The van der Waals surface area contributed by atoms with Crippen LogP contribution in [-0.2, 0) is 115 Å². The second kappa shape index (κ2) is 13.8.